The largest absolute Gasteiger partial charge is 0.179 e. The molecule has 39 heavy (non-hydrogen) atoms. The van der Waals surface area contributed by atoms with Crippen LogP contribution in [-0.2, 0) is 0 Å². The Morgan fingerprint density at radius 1 is 0.205 bits per heavy atom. The van der Waals surface area contributed by atoms with Crippen LogP contribution in [-0.4, -0.2) is 5.75 Å². The molecule has 1 heteroatoms. The molecule has 0 unspecified atom stereocenters. The lowest BCUT2D eigenvalue weighted by atomic mass is 10.0. The lowest BCUT2D eigenvalue weighted by Gasteiger charge is -2.05. The van der Waals surface area contributed by atoms with Gasteiger partial charge in [0, 0.05) is 0 Å². The summed E-state index contributed by atoms with van der Waals surface area (Å²) in [6.07, 6.45) is 53.1. The van der Waals surface area contributed by atoms with Gasteiger partial charge >= 0.3 is 0 Å². The fourth-order valence-corrected chi connectivity index (χ4v) is 6.42. The average molecular weight is 567 g/mol. The van der Waals surface area contributed by atoms with Crippen molar-refractivity contribution in [3.05, 3.63) is 0 Å². The van der Waals surface area contributed by atoms with Gasteiger partial charge in [-0.2, -0.15) is 12.6 Å². The van der Waals surface area contributed by atoms with Crippen molar-refractivity contribution in [2.75, 3.05) is 5.75 Å². The highest BCUT2D eigenvalue weighted by Gasteiger charge is 1.97. The molecular formula is C38H78S. The van der Waals surface area contributed by atoms with Gasteiger partial charge in [0.05, 0.1) is 0 Å². The molecule has 0 rings (SSSR count). The first-order valence-electron chi connectivity index (χ1n) is 19.0. The molecule has 0 nitrogen and oxygen atoms in total. The number of rotatable bonds is 36. The van der Waals surface area contributed by atoms with Gasteiger partial charge in [0.2, 0.25) is 0 Å². The van der Waals surface area contributed by atoms with E-state index in [9.17, 15) is 0 Å². The van der Waals surface area contributed by atoms with Gasteiger partial charge in [-0.1, -0.05) is 232 Å². The topological polar surface area (TPSA) is 0 Å². The molecule has 0 aromatic carbocycles. The van der Waals surface area contributed by atoms with E-state index >= 15 is 0 Å². The van der Waals surface area contributed by atoms with E-state index in [4.69, 9.17) is 0 Å². The molecule has 0 aromatic heterocycles. The van der Waals surface area contributed by atoms with E-state index in [1.165, 1.54) is 231 Å². The van der Waals surface area contributed by atoms with Gasteiger partial charge in [0.15, 0.2) is 0 Å². The van der Waals surface area contributed by atoms with Crippen LogP contribution in [0.5, 0.6) is 0 Å². The van der Waals surface area contributed by atoms with Gasteiger partial charge in [-0.3, -0.25) is 0 Å². The first kappa shape index (κ1) is 39.4. The zero-order valence-corrected chi connectivity index (χ0v) is 28.5. The fraction of sp³-hybridized carbons (Fsp3) is 1.00. The summed E-state index contributed by atoms with van der Waals surface area (Å²) < 4.78 is 0. The molecule has 0 amide bonds. The van der Waals surface area contributed by atoms with E-state index < -0.39 is 0 Å². The predicted octanol–water partition coefficient (Wildman–Crippen LogP) is 15.0. The predicted molar refractivity (Wildman–Crippen MR) is 186 cm³/mol. The molecule has 0 saturated carbocycles. The zero-order valence-electron chi connectivity index (χ0n) is 27.6. The summed E-state index contributed by atoms with van der Waals surface area (Å²) in [5, 5.41) is 0. The minimum atomic E-state index is 1.07. The van der Waals surface area contributed by atoms with Crippen LogP contribution in [0.1, 0.15) is 238 Å². The van der Waals surface area contributed by atoms with E-state index in [0.717, 1.165) is 5.75 Å². The van der Waals surface area contributed by atoms with Gasteiger partial charge in [0.25, 0.3) is 0 Å². The Balaban J connectivity index is 3.01. The standard InChI is InChI=1S/C38H78S/c1-2-3-4-5-6-7-8-9-10-11-12-13-14-15-16-17-18-19-20-21-22-23-24-25-26-27-28-29-30-31-32-33-34-35-36-37-38-39/h39H,2-38H2,1H3. The van der Waals surface area contributed by atoms with Crippen molar-refractivity contribution in [3.8, 4) is 0 Å². The van der Waals surface area contributed by atoms with Crippen LogP contribution in [0.2, 0.25) is 0 Å². The molecule has 0 N–H and O–H groups in total. The first-order valence-corrected chi connectivity index (χ1v) is 19.7. The lowest BCUT2D eigenvalue weighted by molar-refractivity contribution is 0.511. The molecule has 0 saturated heterocycles. The Labute approximate surface area is 255 Å². The summed E-state index contributed by atoms with van der Waals surface area (Å²) in [6, 6.07) is 0. The van der Waals surface area contributed by atoms with Crippen LogP contribution in [0, 0.1) is 0 Å². The SMILES string of the molecule is CCCCCCCCCCCCCCCCCCCCCCCCCCCCCCCCCCCCCCS. The molecule has 0 heterocycles. The van der Waals surface area contributed by atoms with Crippen LogP contribution in [0.3, 0.4) is 0 Å². The second-order valence-corrected chi connectivity index (χ2v) is 13.5. The molecule has 0 bridgehead atoms. The van der Waals surface area contributed by atoms with Crippen LogP contribution in [0.4, 0.5) is 0 Å². The average Bonchev–Trinajstić information content (AvgIpc) is 2.95. The fourth-order valence-electron chi connectivity index (χ4n) is 6.20. The highest BCUT2D eigenvalue weighted by molar-refractivity contribution is 7.80. The Morgan fingerprint density at radius 3 is 0.462 bits per heavy atom. The van der Waals surface area contributed by atoms with Gasteiger partial charge in [-0.25, -0.2) is 0 Å². The Hall–Kier alpha value is 0.350. The third-order valence-corrected chi connectivity index (χ3v) is 9.33. The second kappa shape index (κ2) is 38.4. The Morgan fingerprint density at radius 2 is 0.333 bits per heavy atom. The second-order valence-electron chi connectivity index (χ2n) is 13.1. The Kier molecular flexibility index (Phi) is 38.7. The molecule has 0 atom stereocenters. The molecule has 0 aromatic rings. The monoisotopic (exact) mass is 567 g/mol. The van der Waals surface area contributed by atoms with Gasteiger partial charge in [0.1, 0.15) is 0 Å². The third-order valence-electron chi connectivity index (χ3n) is 9.01. The molecule has 0 spiro atoms. The highest BCUT2D eigenvalue weighted by Crippen LogP contribution is 2.17. The van der Waals surface area contributed by atoms with Crippen LogP contribution in [0.15, 0.2) is 0 Å². The van der Waals surface area contributed by atoms with Crippen LogP contribution < -0.4 is 0 Å². The molecule has 0 fully saturated rings. The summed E-state index contributed by atoms with van der Waals surface area (Å²) in [7, 11) is 0. The van der Waals surface area contributed by atoms with Crippen molar-refractivity contribution in [3.63, 3.8) is 0 Å². The van der Waals surface area contributed by atoms with Crippen LogP contribution in [0.25, 0.3) is 0 Å². The van der Waals surface area contributed by atoms with Crippen molar-refractivity contribution in [1.29, 1.82) is 0 Å². The lowest BCUT2D eigenvalue weighted by Crippen LogP contribution is -1.85. The third kappa shape index (κ3) is 38.4. The molecule has 0 aliphatic rings. The van der Waals surface area contributed by atoms with Crippen molar-refractivity contribution in [2.24, 2.45) is 0 Å². The molecular weight excluding hydrogens is 488 g/mol. The van der Waals surface area contributed by atoms with Crippen LogP contribution >= 0.6 is 12.6 Å². The van der Waals surface area contributed by atoms with Crippen molar-refractivity contribution >= 4 is 12.6 Å². The summed E-state index contributed by atoms with van der Waals surface area (Å²) in [5.74, 6) is 1.07. The minimum Gasteiger partial charge on any atom is -0.179 e. The van der Waals surface area contributed by atoms with Gasteiger partial charge in [-0.15, -0.1) is 0 Å². The summed E-state index contributed by atoms with van der Waals surface area (Å²) >= 11 is 4.29. The summed E-state index contributed by atoms with van der Waals surface area (Å²) in [4.78, 5) is 0. The highest BCUT2D eigenvalue weighted by atomic mass is 32.1. The quantitative estimate of drug-likeness (QED) is 0.0565. The van der Waals surface area contributed by atoms with E-state index in [1.807, 2.05) is 0 Å². The van der Waals surface area contributed by atoms with Crippen molar-refractivity contribution in [2.45, 2.75) is 238 Å². The maximum absolute atomic E-state index is 4.29. The maximum Gasteiger partial charge on any atom is -0.00979 e. The first-order chi connectivity index (χ1) is 19.4. The van der Waals surface area contributed by atoms with E-state index in [1.54, 1.807) is 0 Å². The summed E-state index contributed by atoms with van der Waals surface area (Å²) in [6.45, 7) is 2.31. The van der Waals surface area contributed by atoms with Gasteiger partial charge < -0.3 is 0 Å². The number of thiol groups is 1. The molecule has 0 aliphatic carbocycles. The van der Waals surface area contributed by atoms with E-state index in [2.05, 4.69) is 19.6 Å². The molecule has 0 radical (unpaired) electrons. The normalized spacial score (nSPS) is 11.5. The number of unbranched alkanes of at least 4 members (excludes halogenated alkanes) is 35. The number of hydrogen-bond donors (Lipinski definition) is 1. The zero-order chi connectivity index (χ0) is 28.2. The molecule has 0 aliphatic heterocycles. The Bertz CT molecular complexity index is 356. The smallest absolute Gasteiger partial charge is 0.00979 e. The van der Waals surface area contributed by atoms with Gasteiger partial charge in [-0.05, 0) is 12.2 Å². The molecule has 236 valence electrons. The van der Waals surface area contributed by atoms with Crippen molar-refractivity contribution in [1.82, 2.24) is 0 Å². The van der Waals surface area contributed by atoms with Crippen molar-refractivity contribution < 1.29 is 0 Å². The number of hydrogen-bond acceptors (Lipinski definition) is 1. The maximum atomic E-state index is 4.29. The minimum absolute atomic E-state index is 1.07. The van der Waals surface area contributed by atoms with E-state index in [-0.39, 0.29) is 0 Å². The summed E-state index contributed by atoms with van der Waals surface area (Å²) in [5.41, 5.74) is 0. The van der Waals surface area contributed by atoms with E-state index in [0.29, 0.717) is 0 Å².